The van der Waals surface area contributed by atoms with Gasteiger partial charge in [0, 0.05) is 10.6 Å². The van der Waals surface area contributed by atoms with E-state index in [1.807, 2.05) is 27.7 Å². The number of rotatable bonds is 1. The minimum Gasteiger partial charge on any atom is -0.439 e. The number of ether oxygens (including phenoxy) is 1. The fraction of sp³-hybridized carbons (Fsp3) is 0.500. The maximum Gasteiger partial charge on any atom is 0.411 e. The molecule has 1 aromatic carbocycles. The fourth-order valence-electron chi connectivity index (χ4n) is 2.54. The first-order valence-electron chi connectivity index (χ1n) is 6.16. The van der Waals surface area contributed by atoms with E-state index in [0.29, 0.717) is 10.6 Å². The molecule has 2 rings (SSSR count). The van der Waals surface area contributed by atoms with E-state index in [-0.39, 0.29) is 17.7 Å². The summed E-state index contributed by atoms with van der Waals surface area (Å²) in [4.78, 5) is 13.6. The zero-order chi connectivity index (χ0) is 14.4. The third-order valence-corrected chi connectivity index (χ3v) is 3.42. The number of hydrogen-bond donors (Lipinski definition) is 0. The van der Waals surface area contributed by atoms with Crippen LogP contribution in [0.2, 0.25) is 5.02 Å². The Morgan fingerprint density at radius 1 is 1.32 bits per heavy atom. The van der Waals surface area contributed by atoms with Crippen molar-refractivity contribution in [2.45, 2.75) is 45.4 Å². The molecule has 5 heteroatoms. The molecule has 0 bridgehead atoms. The van der Waals surface area contributed by atoms with Gasteiger partial charge < -0.3 is 4.74 Å². The van der Waals surface area contributed by atoms with Gasteiger partial charge in [-0.3, -0.25) is 4.90 Å². The van der Waals surface area contributed by atoms with E-state index >= 15 is 0 Å². The summed E-state index contributed by atoms with van der Waals surface area (Å²) in [5, 5.41) is 0.299. The van der Waals surface area contributed by atoms with Crippen molar-refractivity contribution in [3.63, 3.8) is 0 Å². The second-order valence-electron chi connectivity index (χ2n) is 5.79. The maximum absolute atomic E-state index is 13.4. The van der Waals surface area contributed by atoms with Crippen LogP contribution < -0.4 is 0 Å². The normalized spacial score (nSPS) is 23.7. The number of amides is 1. The van der Waals surface area contributed by atoms with Crippen LogP contribution in [0.25, 0.3) is 0 Å². The van der Waals surface area contributed by atoms with Gasteiger partial charge in [-0.25, -0.2) is 9.18 Å². The zero-order valence-electron chi connectivity index (χ0n) is 11.4. The first-order chi connectivity index (χ1) is 8.70. The van der Waals surface area contributed by atoms with Gasteiger partial charge in [-0.05, 0) is 51.5 Å². The number of hydrogen-bond acceptors (Lipinski definition) is 2. The second kappa shape index (κ2) is 4.67. The van der Waals surface area contributed by atoms with Crippen molar-refractivity contribution in [2.75, 3.05) is 0 Å². The Kier molecular flexibility index (Phi) is 3.47. The lowest BCUT2D eigenvalue weighted by atomic mass is 9.99. The molecular weight excluding hydrogens is 269 g/mol. The molecule has 1 amide bonds. The molecule has 1 heterocycles. The summed E-state index contributed by atoms with van der Waals surface area (Å²) >= 11 is 5.84. The van der Waals surface area contributed by atoms with Crippen LogP contribution in [0.15, 0.2) is 18.2 Å². The van der Waals surface area contributed by atoms with E-state index in [4.69, 9.17) is 16.3 Å². The van der Waals surface area contributed by atoms with Crippen LogP contribution in [-0.2, 0) is 4.74 Å². The molecule has 1 aromatic rings. The van der Waals surface area contributed by atoms with E-state index < -0.39 is 11.9 Å². The van der Waals surface area contributed by atoms with E-state index in [1.54, 1.807) is 11.0 Å². The summed E-state index contributed by atoms with van der Waals surface area (Å²) in [7, 11) is 0. The van der Waals surface area contributed by atoms with Crippen molar-refractivity contribution in [2.24, 2.45) is 0 Å². The van der Waals surface area contributed by atoms with Crippen LogP contribution in [-0.4, -0.2) is 22.6 Å². The highest BCUT2D eigenvalue weighted by Gasteiger charge is 2.44. The molecule has 2 atom stereocenters. The Balaban J connectivity index is 2.35. The summed E-state index contributed by atoms with van der Waals surface area (Å²) in [6.45, 7) is 7.70. The molecule has 0 radical (unpaired) electrons. The van der Waals surface area contributed by atoms with Gasteiger partial charge in [0.2, 0.25) is 0 Å². The largest absolute Gasteiger partial charge is 0.439 e. The predicted octanol–water partition coefficient (Wildman–Crippen LogP) is 4.16. The fourth-order valence-corrected chi connectivity index (χ4v) is 2.77. The van der Waals surface area contributed by atoms with Crippen molar-refractivity contribution in [1.29, 1.82) is 0 Å². The van der Waals surface area contributed by atoms with Crippen LogP contribution in [0.3, 0.4) is 0 Å². The summed E-state index contributed by atoms with van der Waals surface area (Å²) in [6.07, 6.45) is -0.884. The molecule has 3 nitrogen and oxygen atoms in total. The minimum absolute atomic E-state index is 0.176. The molecule has 0 saturated carbocycles. The van der Waals surface area contributed by atoms with Gasteiger partial charge in [-0.15, -0.1) is 0 Å². The molecular formula is C14H17ClFNO2. The third-order valence-electron chi connectivity index (χ3n) is 3.21. The minimum atomic E-state index is -0.500. The standard InChI is InChI=1S/C14H17ClFNO2/c1-8-12(9-5-10(15)7-11(16)6-9)19-13(18)17(8)14(2,3)4/h5-8,12H,1-4H3/t8-,12-/m0/s1. The van der Waals surface area contributed by atoms with Gasteiger partial charge in [0.15, 0.2) is 0 Å². The zero-order valence-corrected chi connectivity index (χ0v) is 12.2. The quantitative estimate of drug-likeness (QED) is 0.775. The monoisotopic (exact) mass is 285 g/mol. The molecule has 0 aromatic heterocycles. The summed E-state index contributed by atoms with van der Waals surface area (Å²) in [5.74, 6) is -0.431. The Bertz CT molecular complexity index is 492. The van der Waals surface area contributed by atoms with Gasteiger partial charge in [0.25, 0.3) is 0 Å². The number of carbonyl (C=O) groups excluding carboxylic acids is 1. The van der Waals surface area contributed by atoms with Crippen molar-refractivity contribution < 1.29 is 13.9 Å². The lowest BCUT2D eigenvalue weighted by molar-refractivity contribution is 0.119. The van der Waals surface area contributed by atoms with Gasteiger partial charge in [-0.2, -0.15) is 0 Å². The van der Waals surface area contributed by atoms with E-state index in [0.717, 1.165) is 0 Å². The van der Waals surface area contributed by atoms with Crippen molar-refractivity contribution >= 4 is 17.7 Å². The summed E-state index contributed by atoms with van der Waals surface area (Å²) in [5.41, 5.74) is 0.236. The third kappa shape index (κ3) is 2.68. The molecule has 1 aliphatic heterocycles. The van der Waals surface area contributed by atoms with Crippen LogP contribution in [0.4, 0.5) is 9.18 Å². The van der Waals surface area contributed by atoms with Crippen molar-refractivity contribution in [1.82, 2.24) is 4.90 Å². The number of carbonyl (C=O) groups is 1. The topological polar surface area (TPSA) is 29.5 Å². The number of benzene rings is 1. The Morgan fingerprint density at radius 2 is 1.95 bits per heavy atom. The average Bonchev–Trinajstić information content (AvgIpc) is 2.51. The first-order valence-corrected chi connectivity index (χ1v) is 6.54. The number of halogens is 2. The molecule has 1 saturated heterocycles. The maximum atomic E-state index is 13.4. The lowest BCUT2D eigenvalue weighted by Crippen LogP contribution is -2.46. The van der Waals surface area contributed by atoms with Gasteiger partial charge in [0.1, 0.15) is 11.9 Å². The number of nitrogens with zero attached hydrogens (tertiary/aromatic N) is 1. The highest BCUT2D eigenvalue weighted by Crippen LogP contribution is 2.37. The Morgan fingerprint density at radius 3 is 2.42 bits per heavy atom. The van der Waals surface area contributed by atoms with Gasteiger partial charge in [0.05, 0.1) is 6.04 Å². The molecule has 1 aliphatic rings. The molecule has 0 unspecified atom stereocenters. The average molecular weight is 286 g/mol. The molecule has 104 valence electrons. The molecule has 19 heavy (non-hydrogen) atoms. The molecule has 1 fully saturated rings. The van der Waals surface area contributed by atoms with Crippen LogP contribution in [0.1, 0.15) is 39.4 Å². The predicted molar refractivity (Wildman–Crippen MR) is 71.7 cm³/mol. The summed E-state index contributed by atoms with van der Waals surface area (Å²) < 4.78 is 18.8. The van der Waals surface area contributed by atoms with Crippen LogP contribution in [0, 0.1) is 5.82 Å². The highest BCUT2D eigenvalue weighted by molar-refractivity contribution is 6.30. The van der Waals surface area contributed by atoms with E-state index in [1.165, 1.54) is 12.1 Å². The van der Waals surface area contributed by atoms with Crippen molar-refractivity contribution in [3.8, 4) is 0 Å². The Labute approximate surface area is 117 Å². The van der Waals surface area contributed by atoms with E-state index in [9.17, 15) is 9.18 Å². The van der Waals surface area contributed by atoms with E-state index in [2.05, 4.69) is 0 Å². The highest BCUT2D eigenvalue weighted by atomic mass is 35.5. The molecule has 0 spiro atoms. The Hall–Kier alpha value is -1.29. The SMILES string of the molecule is C[C@H]1[C@@H](c2cc(F)cc(Cl)c2)OC(=O)N1C(C)(C)C. The van der Waals surface area contributed by atoms with Crippen molar-refractivity contribution in [3.05, 3.63) is 34.6 Å². The second-order valence-corrected chi connectivity index (χ2v) is 6.23. The number of cyclic esters (lactones) is 1. The van der Waals surface area contributed by atoms with Gasteiger partial charge in [-0.1, -0.05) is 11.6 Å². The van der Waals surface area contributed by atoms with Crippen LogP contribution in [0.5, 0.6) is 0 Å². The molecule has 0 N–H and O–H groups in total. The lowest BCUT2D eigenvalue weighted by Gasteiger charge is -2.33. The smallest absolute Gasteiger partial charge is 0.411 e. The summed E-state index contributed by atoms with van der Waals surface area (Å²) in [6, 6.07) is 4.04. The molecule has 0 aliphatic carbocycles. The first kappa shape index (κ1) is 14.1. The van der Waals surface area contributed by atoms with Gasteiger partial charge >= 0.3 is 6.09 Å². The van der Waals surface area contributed by atoms with Crippen LogP contribution >= 0.6 is 11.6 Å².